The minimum absolute atomic E-state index is 0.142. The van der Waals surface area contributed by atoms with Gasteiger partial charge in [0.15, 0.2) is 6.61 Å². The van der Waals surface area contributed by atoms with Gasteiger partial charge in [-0.25, -0.2) is 4.79 Å². The smallest absolute Gasteiger partial charge is 0.341 e. The summed E-state index contributed by atoms with van der Waals surface area (Å²) in [6.07, 6.45) is 2.98. The molecule has 1 aliphatic rings. The number of nitrogens with zero attached hydrogens (tertiary/aromatic N) is 1. The molecule has 1 N–H and O–H groups in total. The first kappa shape index (κ1) is 17.3. The number of amides is 2. The Balaban J connectivity index is 2.33. The SMILES string of the molecule is C=CCN1C(=O)SC(=Cc2cc(Br)ccc2OCC(=O)O)C1=O. The Morgan fingerprint density at radius 2 is 2.17 bits per heavy atom. The van der Waals surface area contributed by atoms with E-state index in [2.05, 4.69) is 22.5 Å². The second-order valence-electron chi connectivity index (χ2n) is 4.45. The standard InChI is InChI=1S/C15H12BrNO5S/c1-2-5-17-14(20)12(23-15(17)21)7-9-6-10(16)3-4-11(9)22-8-13(18)19/h2-4,6-7H,1,5,8H2,(H,18,19). The third kappa shape index (κ3) is 4.23. The molecule has 8 heteroatoms. The van der Waals surface area contributed by atoms with Gasteiger partial charge in [0.2, 0.25) is 0 Å². The molecule has 0 spiro atoms. The Labute approximate surface area is 144 Å². The number of carbonyl (C=O) groups is 3. The number of hydrogen-bond donors (Lipinski definition) is 1. The van der Waals surface area contributed by atoms with Gasteiger partial charge in [-0.3, -0.25) is 14.5 Å². The van der Waals surface area contributed by atoms with Crippen molar-refractivity contribution in [1.82, 2.24) is 4.90 Å². The van der Waals surface area contributed by atoms with E-state index in [4.69, 9.17) is 9.84 Å². The van der Waals surface area contributed by atoms with Crippen molar-refractivity contribution >= 4 is 50.9 Å². The summed E-state index contributed by atoms with van der Waals surface area (Å²) in [7, 11) is 0. The minimum Gasteiger partial charge on any atom is -0.481 e. The number of imide groups is 1. The average Bonchev–Trinajstić information content (AvgIpc) is 2.74. The van der Waals surface area contributed by atoms with Gasteiger partial charge in [-0.1, -0.05) is 22.0 Å². The fraction of sp³-hybridized carbons (Fsp3) is 0.133. The van der Waals surface area contributed by atoms with E-state index in [0.717, 1.165) is 21.1 Å². The predicted octanol–water partition coefficient (Wildman–Crippen LogP) is 3.13. The zero-order valence-electron chi connectivity index (χ0n) is 11.8. The van der Waals surface area contributed by atoms with Crippen molar-refractivity contribution in [2.45, 2.75) is 0 Å². The first-order chi connectivity index (χ1) is 10.9. The lowest BCUT2D eigenvalue weighted by atomic mass is 10.2. The molecule has 1 fully saturated rings. The molecular weight excluding hydrogens is 386 g/mol. The van der Waals surface area contributed by atoms with Gasteiger partial charge in [0.25, 0.3) is 11.1 Å². The van der Waals surface area contributed by atoms with Crippen LogP contribution < -0.4 is 4.74 Å². The number of aliphatic carboxylic acids is 1. The van der Waals surface area contributed by atoms with Gasteiger partial charge >= 0.3 is 5.97 Å². The number of hydrogen-bond acceptors (Lipinski definition) is 5. The maximum absolute atomic E-state index is 12.2. The van der Waals surface area contributed by atoms with Crippen molar-refractivity contribution < 1.29 is 24.2 Å². The quantitative estimate of drug-likeness (QED) is 0.586. The predicted molar refractivity (Wildman–Crippen MR) is 90.1 cm³/mol. The summed E-state index contributed by atoms with van der Waals surface area (Å²) in [5, 5.41) is 8.34. The number of thioether (sulfide) groups is 1. The molecule has 0 unspecified atom stereocenters. The molecule has 2 amide bonds. The topological polar surface area (TPSA) is 83.9 Å². The summed E-state index contributed by atoms with van der Waals surface area (Å²) in [4.78, 5) is 36.0. The Kier molecular flexibility index (Phi) is 5.62. The van der Waals surface area contributed by atoms with E-state index in [9.17, 15) is 14.4 Å². The summed E-state index contributed by atoms with van der Waals surface area (Å²) in [6, 6.07) is 4.96. The Morgan fingerprint density at radius 3 is 2.83 bits per heavy atom. The number of rotatable bonds is 6. The molecule has 6 nitrogen and oxygen atoms in total. The summed E-state index contributed by atoms with van der Waals surface area (Å²) in [6.45, 7) is 3.15. The molecule has 2 rings (SSSR count). The molecule has 1 saturated heterocycles. The first-order valence-corrected chi connectivity index (χ1v) is 8.03. The molecule has 1 aromatic carbocycles. The Hall–Kier alpha value is -2.06. The molecular formula is C15H12BrNO5S. The molecule has 1 aliphatic heterocycles. The molecule has 0 atom stereocenters. The van der Waals surface area contributed by atoms with Crippen LogP contribution in [0.2, 0.25) is 0 Å². The van der Waals surface area contributed by atoms with E-state index in [1.165, 1.54) is 12.2 Å². The van der Waals surface area contributed by atoms with Crippen molar-refractivity contribution in [2.75, 3.05) is 13.2 Å². The largest absolute Gasteiger partial charge is 0.481 e. The van der Waals surface area contributed by atoms with Gasteiger partial charge in [0.1, 0.15) is 5.75 Å². The number of carboxylic acid groups (broad SMARTS) is 1. The van der Waals surface area contributed by atoms with Crippen LogP contribution in [0.1, 0.15) is 5.56 Å². The van der Waals surface area contributed by atoms with Crippen molar-refractivity contribution in [3.05, 3.63) is 45.8 Å². The van der Waals surface area contributed by atoms with Crippen LogP contribution in [-0.4, -0.2) is 40.3 Å². The monoisotopic (exact) mass is 397 g/mol. The van der Waals surface area contributed by atoms with Crippen LogP contribution in [0.5, 0.6) is 5.75 Å². The molecule has 120 valence electrons. The third-order valence-electron chi connectivity index (χ3n) is 2.79. The zero-order chi connectivity index (χ0) is 17.0. The molecule has 0 bridgehead atoms. The van der Waals surface area contributed by atoms with Gasteiger partial charge in [0.05, 0.1) is 4.91 Å². The van der Waals surface area contributed by atoms with Crippen LogP contribution in [-0.2, 0) is 9.59 Å². The molecule has 1 aromatic rings. The maximum atomic E-state index is 12.2. The van der Waals surface area contributed by atoms with E-state index in [1.54, 1.807) is 18.2 Å². The van der Waals surface area contributed by atoms with Crippen LogP contribution in [0.3, 0.4) is 0 Å². The van der Waals surface area contributed by atoms with Crippen molar-refractivity contribution in [3.63, 3.8) is 0 Å². The number of halogens is 1. The lowest BCUT2D eigenvalue weighted by Crippen LogP contribution is -2.27. The number of ether oxygens (including phenoxy) is 1. The third-order valence-corrected chi connectivity index (χ3v) is 4.20. The lowest BCUT2D eigenvalue weighted by Gasteiger charge is -2.09. The van der Waals surface area contributed by atoms with E-state index in [0.29, 0.717) is 11.3 Å². The number of carbonyl (C=O) groups excluding carboxylic acids is 2. The van der Waals surface area contributed by atoms with Gasteiger partial charge in [0, 0.05) is 16.6 Å². The summed E-state index contributed by atoms with van der Waals surface area (Å²) < 4.78 is 5.93. The second kappa shape index (κ2) is 7.47. The highest BCUT2D eigenvalue weighted by molar-refractivity contribution is 9.10. The van der Waals surface area contributed by atoms with Gasteiger partial charge in [-0.15, -0.1) is 6.58 Å². The van der Waals surface area contributed by atoms with E-state index >= 15 is 0 Å². The Morgan fingerprint density at radius 1 is 1.43 bits per heavy atom. The lowest BCUT2D eigenvalue weighted by molar-refractivity contribution is -0.139. The second-order valence-corrected chi connectivity index (χ2v) is 6.35. The molecule has 0 aliphatic carbocycles. The fourth-order valence-corrected chi connectivity index (χ4v) is 3.05. The highest BCUT2D eigenvalue weighted by atomic mass is 79.9. The summed E-state index contributed by atoms with van der Waals surface area (Å²) in [5.41, 5.74) is 0.504. The van der Waals surface area contributed by atoms with Crippen LogP contribution in [0.25, 0.3) is 6.08 Å². The van der Waals surface area contributed by atoms with Gasteiger partial charge in [-0.05, 0) is 36.0 Å². The van der Waals surface area contributed by atoms with Crippen molar-refractivity contribution in [3.8, 4) is 5.75 Å². The molecule has 0 aromatic heterocycles. The van der Waals surface area contributed by atoms with E-state index in [1.807, 2.05) is 0 Å². The van der Waals surface area contributed by atoms with Crippen molar-refractivity contribution in [1.29, 1.82) is 0 Å². The Bertz CT molecular complexity index is 716. The summed E-state index contributed by atoms with van der Waals surface area (Å²) >= 11 is 4.13. The van der Waals surface area contributed by atoms with Crippen LogP contribution >= 0.6 is 27.7 Å². The minimum atomic E-state index is -1.11. The normalized spacial score (nSPS) is 16.0. The van der Waals surface area contributed by atoms with Gasteiger partial charge < -0.3 is 9.84 Å². The van der Waals surface area contributed by atoms with Crippen molar-refractivity contribution in [2.24, 2.45) is 0 Å². The van der Waals surface area contributed by atoms with Crippen LogP contribution in [0.15, 0.2) is 40.2 Å². The average molecular weight is 398 g/mol. The fourth-order valence-electron chi connectivity index (χ4n) is 1.83. The zero-order valence-corrected chi connectivity index (χ0v) is 14.2. The maximum Gasteiger partial charge on any atom is 0.341 e. The molecule has 23 heavy (non-hydrogen) atoms. The first-order valence-electron chi connectivity index (χ1n) is 6.42. The molecule has 0 saturated carbocycles. The molecule has 0 radical (unpaired) electrons. The highest BCUT2D eigenvalue weighted by Crippen LogP contribution is 2.34. The number of benzene rings is 1. The van der Waals surface area contributed by atoms with Gasteiger partial charge in [-0.2, -0.15) is 0 Å². The van der Waals surface area contributed by atoms with E-state index in [-0.39, 0.29) is 16.7 Å². The molecule has 1 heterocycles. The van der Waals surface area contributed by atoms with E-state index < -0.39 is 18.5 Å². The highest BCUT2D eigenvalue weighted by Gasteiger charge is 2.34. The van der Waals surface area contributed by atoms with Crippen LogP contribution in [0.4, 0.5) is 4.79 Å². The summed E-state index contributed by atoms with van der Waals surface area (Å²) in [5.74, 6) is -1.21. The number of carboxylic acids is 1. The van der Waals surface area contributed by atoms with Crippen LogP contribution in [0, 0.1) is 0 Å².